The van der Waals surface area contributed by atoms with E-state index in [9.17, 15) is 4.79 Å². The van der Waals surface area contributed by atoms with Gasteiger partial charge >= 0.3 is 0 Å². The Labute approximate surface area is 117 Å². The van der Waals surface area contributed by atoms with Crippen molar-refractivity contribution in [2.24, 2.45) is 11.3 Å². The second-order valence-electron chi connectivity index (χ2n) is 6.42. The number of carbonyl (C=O) groups excluding carboxylic acids is 1. The third-order valence-corrected chi connectivity index (χ3v) is 4.94. The first-order valence-electron chi connectivity index (χ1n) is 7.62. The molecule has 1 aliphatic heterocycles. The molecule has 6 nitrogen and oxygen atoms in total. The SMILES string of the molecule is O=C(NCC1(C2CC2)CC1)c1noc(C2CCCN2)n1. The molecule has 0 spiro atoms. The summed E-state index contributed by atoms with van der Waals surface area (Å²) in [5.74, 6) is 1.34. The Morgan fingerprint density at radius 2 is 2.25 bits per heavy atom. The van der Waals surface area contributed by atoms with Crippen LogP contribution in [0.25, 0.3) is 0 Å². The quantitative estimate of drug-likeness (QED) is 0.850. The monoisotopic (exact) mass is 276 g/mol. The van der Waals surface area contributed by atoms with Crippen molar-refractivity contribution >= 4 is 5.91 Å². The van der Waals surface area contributed by atoms with Crippen LogP contribution in [0.2, 0.25) is 0 Å². The zero-order chi connectivity index (χ0) is 13.6. The van der Waals surface area contributed by atoms with Gasteiger partial charge in [0.25, 0.3) is 11.7 Å². The van der Waals surface area contributed by atoms with Gasteiger partial charge < -0.3 is 15.2 Å². The molecule has 1 atom stereocenters. The lowest BCUT2D eigenvalue weighted by atomic mass is 10.0. The number of amides is 1. The van der Waals surface area contributed by atoms with Crippen LogP contribution < -0.4 is 10.6 Å². The summed E-state index contributed by atoms with van der Waals surface area (Å²) in [7, 11) is 0. The Hall–Kier alpha value is -1.43. The Morgan fingerprint density at radius 1 is 1.40 bits per heavy atom. The maximum atomic E-state index is 12.1. The molecule has 1 unspecified atom stereocenters. The van der Waals surface area contributed by atoms with Crippen LogP contribution in [0.15, 0.2) is 4.52 Å². The summed E-state index contributed by atoms with van der Waals surface area (Å²) < 4.78 is 5.19. The molecule has 1 aromatic rings. The number of hydrogen-bond acceptors (Lipinski definition) is 5. The predicted molar refractivity (Wildman–Crippen MR) is 71.0 cm³/mol. The number of nitrogens with one attached hydrogen (secondary N) is 2. The highest BCUT2D eigenvalue weighted by molar-refractivity contribution is 5.90. The second kappa shape index (κ2) is 4.55. The molecular weight excluding hydrogens is 256 g/mol. The van der Waals surface area contributed by atoms with Crippen molar-refractivity contribution < 1.29 is 9.32 Å². The largest absolute Gasteiger partial charge is 0.349 e. The standard InChI is InChI=1S/C14H20N4O2/c19-12(16-8-14(5-6-14)9-3-4-9)11-17-13(20-18-11)10-2-1-7-15-10/h9-10,15H,1-8H2,(H,16,19). The lowest BCUT2D eigenvalue weighted by Gasteiger charge is -2.13. The smallest absolute Gasteiger partial charge is 0.292 e. The van der Waals surface area contributed by atoms with Gasteiger partial charge in [0.15, 0.2) is 0 Å². The van der Waals surface area contributed by atoms with E-state index in [2.05, 4.69) is 20.8 Å². The molecule has 1 aromatic heterocycles. The summed E-state index contributed by atoms with van der Waals surface area (Å²) >= 11 is 0. The van der Waals surface area contributed by atoms with Crippen LogP contribution in [0.5, 0.6) is 0 Å². The number of rotatable bonds is 5. The van der Waals surface area contributed by atoms with E-state index in [1.165, 1.54) is 25.7 Å². The molecule has 0 bridgehead atoms. The zero-order valence-corrected chi connectivity index (χ0v) is 11.5. The van der Waals surface area contributed by atoms with Gasteiger partial charge in [0.1, 0.15) is 0 Å². The minimum atomic E-state index is -0.204. The highest BCUT2D eigenvalue weighted by Gasteiger charge is 2.53. The molecule has 0 radical (unpaired) electrons. The van der Waals surface area contributed by atoms with Crippen LogP contribution >= 0.6 is 0 Å². The molecule has 0 aromatic carbocycles. The first-order chi connectivity index (χ1) is 9.77. The van der Waals surface area contributed by atoms with E-state index in [0.717, 1.165) is 31.8 Å². The first kappa shape index (κ1) is 12.3. The van der Waals surface area contributed by atoms with Gasteiger partial charge in [0.05, 0.1) is 6.04 Å². The number of nitrogens with zero attached hydrogens (tertiary/aromatic N) is 2. The molecule has 4 rings (SSSR count). The van der Waals surface area contributed by atoms with Crippen LogP contribution in [0.4, 0.5) is 0 Å². The molecule has 2 aliphatic carbocycles. The fraction of sp³-hybridized carbons (Fsp3) is 0.786. The molecule has 1 amide bonds. The maximum absolute atomic E-state index is 12.1. The molecule has 3 aliphatic rings. The number of aromatic nitrogens is 2. The van der Waals surface area contributed by atoms with E-state index in [1.807, 2.05) is 0 Å². The Kier molecular flexibility index (Phi) is 2.80. The minimum absolute atomic E-state index is 0.116. The van der Waals surface area contributed by atoms with Gasteiger partial charge in [-0.25, -0.2) is 0 Å². The average molecular weight is 276 g/mol. The highest BCUT2D eigenvalue weighted by atomic mass is 16.5. The third kappa shape index (κ3) is 2.22. The van der Waals surface area contributed by atoms with Crippen LogP contribution in [0.3, 0.4) is 0 Å². The lowest BCUT2D eigenvalue weighted by Crippen LogP contribution is -2.31. The summed E-state index contributed by atoms with van der Waals surface area (Å²) in [6, 6.07) is 0.116. The summed E-state index contributed by atoms with van der Waals surface area (Å²) in [6.07, 6.45) is 7.26. The van der Waals surface area contributed by atoms with Crippen molar-refractivity contribution in [3.05, 3.63) is 11.7 Å². The fourth-order valence-corrected chi connectivity index (χ4v) is 3.29. The van der Waals surface area contributed by atoms with Crippen LogP contribution in [-0.2, 0) is 0 Å². The van der Waals surface area contributed by atoms with Crippen molar-refractivity contribution in [3.63, 3.8) is 0 Å². The zero-order valence-electron chi connectivity index (χ0n) is 11.5. The summed E-state index contributed by atoms with van der Waals surface area (Å²) in [4.78, 5) is 16.3. The van der Waals surface area contributed by atoms with E-state index in [-0.39, 0.29) is 17.8 Å². The van der Waals surface area contributed by atoms with E-state index in [4.69, 9.17) is 4.52 Å². The van der Waals surface area contributed by atoms with Gasteiger partial charge in [-0.3, -0.25) is 4.79 Å². The molecular formula is C14H20N4O2. The Morgan fingerprint density at radius 3 is 2.90 bits per heavy atom. The number of hydrogen-bond donors (Lipinski definition) is 2. The molecule has 108 valence electrons. The predicted octanol–water partition coefficient (Wildman–Crippen LogP) is 1.41. The van der Waals surface area contributed by atoms with Gasteiger partial charge in [0, 0.05) is 6.54 Å². The molecule has 1 saturated heterocycles. The molecule has 2 saturated carbocycles. The minimum Gasteiger partial charge on any atom is -0.349 e. The fourth-order valence-electron chi connectivity index (χ4n) is 3.29. The molecule has 20 heavy (non-hydrogen) atoms. The van der Waals surface area contributed by atoms with Crippen molar-refractivity contribution in [2.75, 3.05) is 13.1 Å². The second-order valence-corrected chi connectivity index (χ2v) is 6.42. The van der Waals surface area contributed by atoms with E-state index in [1.54, 1.807) is 0 Å². The number of carbonyl (C=O) groups is 1. The van der Waals surface area contributed by atoms with E-state index in [0.29, 0.717) is 11.3 Å². The topological polar surface area (TPSA) is 80.0 Å². The molecule has 2 N–H and O–H groups in total. The van der Waals surface area contributed by atoms with Crippen molar-refractivity contribution in [3.8, 4) is 0 Å². The molecule has 2 heterocycles. The van der Waals surface area contributed by atoms with Crippen LogP contribution in [0.1, 0.15) is 61.1 Å². The lowest BCUT2D eigenvalue weighted by molar-refractivity contribution is 0.0929. The summed E-state index contributed by atoms with van der Waals surface area (Å²) in [5, 5.41) is 10.1. The van der Waals surface area contributed by atoms with Gasteiger partial charge in [0.2, 0.25) is 5.89 Å². The first-order valence-corrected chi connectivity index (χ1v) is 7.62. The normalized spacial score (nSPS) is 27.5. The third-order valence-electron chi connectivity index (χ3n) is 4.94. The van der Waals surface area contributed by atoms with Crippen LogP contribution in [-0.4, -0.2) is 29.1 Å². The maximum Gasteiger partial charge on any atom is 0.292 e. The molecule has 3 fully saturated rings. The van der Waals surface area contributed by atoms with Gasteiger partial charge in [-0.1, -0.05) is 5.16 Å². The summed E-state index contributed by atoms with van der Waals surface area (Å²) in [5.41, 5.74) is 0.398. The molecule has 6 heteroatoms. The van der Waals surface area contributed by atoms with E-state index >= 15 is 0 Å². The average Bonchev–Trinajstić information content (AvgIpc) is 3.33. The van der Waals surface area contributed by atoms with Gasteiger partial charge in [-0.2, -0.15) is 4.98 Å². The van der Waals surface area contributed by atoms with Crippen molar-refractivity contribution in [1.29, 1.82) is 0 Å². The van der Waals surface area contributed by atoms with Gasteiger partial charge in [-0.15, -0.1) is 0 Å². The van der Waals surface area contributed by atoms with Gasteiger partial charge in [-0.05, 0) is 56.4 Å². The van der Waals surface area contributed by atoms with Crippen molar-refractivity contribution in [2.45, 2.75) is 44.6 Å². The summed E-state index contributed by atoms with van der Waals surface area (Å²) in [6.45, 7) is 1.74. The Balaban J connectivity index is 1.36. The Bertz CT molecular complexity index is 513. The van der Waals surface area contributed by atoms with Crippen LogP contribution in [0, 0.1) is 11.3 Å². The van der Waals surface area contributed by atoms with E-state index < -0.39 is 0 Å². The highest BCUT2D eigenvalue weighted by Crippen LogP contribution is 2.60. The van der Waals surface area contributed by atoms with Crippen molar-refractivity contribution in [1.82, 2.24) is 20.8 Å².